The van der Waals surface area contributed by atoms with Gasteiger partial charge in [-0.3, -0.25) is 9.59 Å². The second kappa shape index (κ2) is 7.12. The van der Waals surface area contributed by atoms with Crippen molar-refractivity contribution >= 4 is 33.6 Å². The first-order chi connectivity index (χ1) is 12.7. The van der Waals surface area contributed by atoms with Crippen molar-refractivity contribution in [2.24, 2.45) is 0 Å². The van der Waals surface area contributed by atoms with E-state index in [9.17, 15) is 18.0 Å². The summed E-state index contributed by atoms with van der Waals surface area (Å²) in [5, 5.41) is 0. The van der Waals surface area contributed by atoms with Gasteiger partial charge in [-0.05, 0) is 38.0 Å². The first-order valence-electron chi connectivity index (χ1n) is 8.49. The molecule has 0 fully saturated rings. The minimum Gasteiger partial charge on any atom is -0.478 e. The third-order valence-corrected chi connectivity index (χ3v) is 5.07. The van der Waals surface area contributed by atoms with Gasteiger partial charge in [0.2, 0.25) is 5.78 Å². The third kappa shape index (κ3) is 3.85. The Morgan fingerprint density at radius 2 is 1.70 bits per heavy atom. The van der Waals surface area contributed by atoms with Crippen LogP contribution in [0.1, 0.15) is 47.8 Å². The molecule has 5 nitrogen and oxygen atoms in total. The van der Waals surface area contributed by atoms with Gasteiger partial charge in [-0.15, -0.1) is 0 Å². The predicted molar refractivity (Wildman–Crippen MR) is 104 cm³/mol. The highest BCUT2D eigenvalue weighted by molar-refractivity contribution is 7.71. The molecule has 0 N–H and O–H groups in total. The van der Waals surface area contributed by atoms with Crippen LogP contribution in [0.25, 0.3) is 11.3 Å². The number of hydrogen-bond donors (Lipinski definition) is 1. The van der Waals surface area contributed by atoms with Gasteiger partial charge in [0.1, 0.15) is 16.5 Å². The number of ether oxygens (including phenoxy) is 1. The highest BCUT2D eigenvalue weighted by atomic mass is 32.2. The number of thiol groups is 1. The molecule has 0 saturated heterocycles. The first-order valence-corrected chi connectivity index (χ1v) is 9.86. The Labute approximate surface area is 159 Å². The van der Waals surface area contributed by atoms with Crippen molar-refractivity contribution in [1.82, 2.24) is 0 Å². The normalized spacial score (nSPS) is 15.9. The van der Waals surface area contributed by atoms with Crippen LogP contribution in [-0.4, -0.2) is 25.6 Å². The number of ketones is 2. The minimum absolute atomic E-state index is 0.0343. The maximum atomic E-state index is 13.0. The van der Waals surface area contributed by atoms with E-state index < -0.39 is 16.3 Å². The zero-order valence-corrected chi connectivity index (χ0v) is 16.2. The summed E-state index contributed by atoms with van der Waals surface area (Å²) < 4.78 is 27.7. The number of benzene rings is 2. The fourth-order valence-corrected chi connectivity index (χ4v) is 3.54. The van der Waals surface area contributed by atoms with Gasteiger partial charge in [-0.2, -0.15) is 0 Å². The lowest BCUT2D eigenvalue weighted by molar-refractivity contribution is -0.125. The number of Topliss-reactive ketones (excluding diaryl/α,β-unsaturated/α-hetero) is 2. The van der Waals surface area contributed by atoms with E-state index in [-0.39, 0.29) is 17.3 Å². The molecule has 27 heavy (non-hydrogen) atoms. The molecule has 0 radical (unpaired) electrons. The molecule has 0 aromatic heterocycles. The largest absolute Gasteiger partial charge is 0.478 e. The van der Waals surface area contributed by atoms with Crippen LogP contribution in [-0.2, 0) is 26.0 Å². The fourth-order valence-electron chi connectivity index (χ4n) is 3.03. The van der Waals surface area contributed by atoms with Gasteiger partial charge in [0.25, 0.3) is 0 Å². The highest BCUT2D eigenvalue weighted by Crippen LogP contribution is 2.41. The van der Waals surface area contributed by atoms with Crippen LogP contribution in [0.4, 0.5) is 0 Å². The maximum absolute atomic E-state index is 13.0. The molecule has 2 aromatic carbocycles. The summed E-state index contributed by atoms with van der Waals surface area (Å²) in [6.07, 6.45) is 0. The lowest BCUT2D eigenvalue weighted by atomic mass is 9.91. The Morgan fingerprint density at radius 3 is 2.30 bits per heavy atom. The molecule has 1 aliphatic rings. The van der Waals surface area contributed by atoms with E-state index in [1.165, 1.54) is 6.92 Å². The smallest absolute Gasteiger partial charge is 0.210 e. The Bertz CT molecular complexity index is 1020. The summed E-state index contributed by atoms with van der Waals surface area (Å²) in [6, 6.07) is 13.8. The van der Waals surface area contributed by atoms with Crippen LogP contribution in [0.3, 0.4) is 0 Å². The molecule has 0 aliphatic carbocycles. The van der Waals surface area contributed by atoms with Crippen molar-refractivity contribution in [2.45, 2.75) is 32.1 Å². The molecule has 140 valence electrons. The Balaban J connectivity index is 2.12. The zero-order chi connectivity index (χ0) is 19.8. The fraction of sp³-hybridized carbons (Fsp3) is 0.238. The summed E-state index contributed by atoms with van der Waals surface area (Å²) in [5.74, 6) is 0.155. The van der Waals surface area contributed by atoms with Gasteiger partial charge in [0.05, 0.1) is 11.3 Å². The predicted octanol–water partition coefficient (Wildman–Crippen LogP) is 3.25. The van der Waals surface area contributed by atoms with E-state index in [2.05, 4.69) is 0 Å². The van der Waals surface area contributed by atoms with Crippen LogP contribution in [0.15, 0.2) is 48.5 Å². The van der Waals surface area contributed by atoms with Crippen molar-refractivity contribution in [2.75, 3.05) is 0 Å². The molecule has 1 aliphatic heterocycles. The number of carbonyl (C=O) groups excluding carboxylic acids is 2. The summed E-state index contributed by atoms with van der Waals surface area (Å²) in [5.41, 5.74) is 1.90. The van der Waals surface area contributed by atoms with E-state index in [1.54, 1.807) is 62.4 Å². The van der Waals surface area contributed by atoms with Gasteiger partial charge in [0, 0.05) is 11.1 Å². The van der Waals surface area contributed by atoms with Crippen LogP contribution < -0.4 is 0 Å². The molecule has 0 bridgehead atoms. The average molecular weight is 384 g/mol. The van der Waals surface area contributed by atoms with Gasteiger partial charge < -0.3 is 4.74 Å². The van der Waals surface area contributed by atoms with Crippen LogP contribution in [0.5, 0.6) is 0 Å². The second-order valence-corrected chi connectivity index (χ2v) is 7.95. The molecule has 3 rings (SSSR count). The van der Waals surface area contributed by atoms with Gasteiger partial charge in [-0.1, -0.05) is 42.5 Å². The molecule has 0 unspecified atom stereocenters. The summed E-state index contributed by atoms with van der Waals surface area (Å²) in [7, 11) is -2.50. The Kier molecular flexibility index (Phi) is 5.02. The van der Waals surface area contributed by atoms with E-state index in [0.717, 1.165) is 0 Å². The van der Waals surface area contributed by atoms with Crippen LogP contribution in [0, 0.1) is 0 Å². The molecule has 1 heterocycles. The van der Waals surface area contributed by atoms with Crippen molar-refractivity contribution < 1.29 is 22.7 Å². The molecular weight excluding hydrogens is 364 g/mol. The summed E-state index contributed by atoms with van der Waals surface area (Å²) in [4.78, 5) is 24.7. The van der Waals surface area contributed by atoms with Crippen molar-refractivity contribution in [3.05, 3.63) is 70.8 Å². The molecule has 0 spiro atoms. The van der Waals surface area contributed by atoms with E-state index in [4.69, 9.17) is 4.74 Å². The lowest BCUT2D eigenvalue weighted by Gasteiger charge is -2.17. The van der Waals surface area contributed by atoms with Crippen LogP contribution >= 0.6 is 0 Å². The second-order valence-electron chi connectivity index (χ2n) is 6.97. The quantitative estimate of drug-likeness (QED) is 0.632. The molecule has 0 amide bonds. The van der Waals surface area contributed by atoms with E-state index in [1.807, 2.05) is 0 Å². The minimum atomic E-state index is -2.50. The average Bonchev–Trinajstić information content (AvgIpc) is 2.85. The van der Waals surface area contributed by atoms with Crippen molar-refractivity contribution in [3.8, 4) is 0 Å². The molecule has 2 aromatic rings. The number of rotatable bonds is 5. The zero-order valence-electron chi connectivity index (χ0n) is 15.3. The SMILES string of the molecule is CC(=O)c1cccc(C2=C(c3ccc(C[SH](=O)=O)cc3)OC(C)(C)C2=O)c1. The molecule has 0 saturated carbocycles. The molecular formula is C21H20O5S. The number of hydrogen-bond acceptors (Lipinski definition) is 5. The van der Waals surface area contributed by atoms with Gasteiger partial charge >= 0.3 is 0 Å². The monoisotopic (exact) mass is 384 g/mol. The Morgan fingerprint density at radius 1 is 1.04 bits per heavy atom. The standard InChI is InChI=1S/C21H20O5S/c1-13(22)16-5-4-6-17(11-16)18-19(26-21(2,3)20(18)23)15-9-7-14(8-10-15)12-27(24)25/h4-11,27H,12H2,1-3H3. The highest BCUT2D eigenvalue weighted by Gasteiger charge is 2.42. The summed E-state index contributed by atoms with van der Waals surface area (Å²) in [6.45, 7) is 4.88. The summed E-state index contributed by atoms with van der Waals surface area (Å²) >= 11 is 0. The number of carbonyl (C=O) groups is 2. The first kappa shape index (κ1) is 19.0. The molecule has 0 atom stereocenters. The molecule has 6 heteroatoms. The van der Waals surface area contributed by atoms with E-state index >= 15 is 0 Å². The topological polar surface area (TPSA) is 77.5 Å². The van der Waals surface area contributed by atoms with Gasteiger partial charge in [0.15, 0.2) is 11.4 Å². The lowest BCUT2D eigenvalue weighted by Crippen LogP contribution is -2.29. The van der Waals surface area contributed by atoms with E-state index in [0.29, 0.717) is 33.6 Å². The Hall–Kier alpha value is -2.73. The van der Waals surface area contributed by atoms with Crippen molar-refractivity contribution in [1.29, 1.82) is 0 Å². The van der Waals surface area contributed by atoms with Crippen molar-refractivity contribution in [3.63, 3.8) is 0 Å². The third-order valence-electron chi connectivity index (χ3n) is 4.44. The van der Waals surface area contributed by atoms with Crippen LogP contribution in [0.2, 0.25) is 0 Å². The van der Waals surface area contributed by atoms with Gasteiger partial charge in [-0.25, -0.2) is 8.42 Å². The maximum Gasteiger partial charge on any atom is 0.210 e.